The van der Waals surface area contributed by atoms with Gasteiger partial charge in [0.1, 0.15) is 6.10 Å². The van der Waals surface area contributed by atoms with Crippen molar-refractivity contribution in [2.75, 3.05) is 0 Å². The molecule has 0 aromatic carbocycles. The molecule has 0 aliphatic carbocycles. The molecule has 0 aromatic heterocycles. The van der Waals surface area contributed by atoms with E-state index >= 15 is 0 Å². The number of aliphatic hydroxyl groups excluding tert-OH is 1. The van der Waals surface area contributed by atoms with Gasteiger partial charge >= 0.3 is 40.5 Å². The maximum absolute atomic E-state index is 9.45. The predicted molar refractivity (Wildman–Crippen MR) is 31.0 cm³/mol. The van der Waals surface area contributed by atoms with E-state index in [4.69, 9.17) is 29.6 Å². The Balaban J connectivity index is 0. The summed E-state index contributed by atoms with van der Waals surface area (Å²) in [6, 6.07) is 0. The molecule has 52 valence electrons. The molecule has 0 aliphatic rings. The van der Waals surface area contributed by atoms with E-state index in [1.807, 2.05) is 0 Å². The molecule has 0 amide bonds. The van der Waals surface area contributed by atoms with E-state index < -0.39 is 27.2 Å². The minimum absolute atomic E-state index is 0.931. The number of hydrogen-bond donors (Lipinski definition) is 2. The molecule has 0 aliphatic heterocycles. The van der Waals surface area contributed by atoms with Gasteiger partial charge in [-0.1, -0.05) is 0 Å². The Hall–Kier alpha value is 0.633. The van der Waals surface area contributed by atoms with Crippen LogP contribution in [0.2, 0.25) is 0 Å². The van der Waals surface area contributed by atoms with Crippen molar-refractivity contribution in [1.29, 1.82) is 0 Å². The Morgan fingerprint density at radius 3 is 1.78 bits per heavy atom. The molecule has 3 nitrogen and oxygen atoms in total. The van der Waals surface area contributed by atoms with Crippen LogP contribution in [0.5, 0.6) is 0 Å². The van der Waals surface area contributed by atoms with Crippen LogP contribution in [0.3, 0.4) is 0 Å². The van der Waals surface area contributed by atoms with E-state index in [1.165, 1.54) is 6.92 Å². The van der Waals surface area contributed by atoms with Crippen LogP contribution < -0.4 is 0 Å². The summed E-state index contributed by atoms with van der Waals surface area (Å²) in [4.78, 5) is 9.45. The van der Waals surface area contributed by atoms with Gasteiger partial charge in [0.25, 0.3) is 0 Å². The zero-order chi connectivity index (χ0) is 7.86. The number of aliphatic hydroxyl groups is 1. The topological polar surface area (TPSA) is 57.5 Å². The Morgan fingerprint density at radius 1 is 1.67 bits per heavy atom. The average Bonchev–Trinajstić information content (AvgIpc) is 1.68. The summed E-state index contributed by atoms with van der Waals surface area (Å²) in [5.41, 5.74) is 0. The second-order valence-corrected chi connectivity index (χ2v) is 5.74. The first-order chi connectivity index (χ1) is 4.06. The van der Waals surface area contributed by atoms with E-state index in [9.17, 15) is 4.79 Å². The molecule has 2 N–H and O–H groups in total. The zero-order valence-electron chi connectivity index (χ0n) is 4.84. The fourth-order valence-corrected chi connectivity index (χ4v) is 0. The molecule has 0 saturated heterocycles. The minimum atomic E-state index is -1.23. The molecule has 0 spiro atoms. The molecular weight excluding hydrogens is 220 g/mol. The van der Waals surface area contributed by atoms with E-state index in [0.29, 0.717) is 0 Å². The van der Waals surface area contributed by atoms with Gasteiger partial charge < -0.3 is 10.2 Å². The van der Waals surface area contributed by atoms with Crippen LogP contribution in [0, 0.1) is 0 Å². The molecule has 1 atom stereocenters. The zero-order valence-corrected chi connectivity index (χ0v) is 9.32. The van der Waals surface area contributed by atoms with Gasteiger partial charge in [-0.15, -0.1) is 0 Å². The van der Waals surface area contributed by atoms with E-state index in [1.54, 1.807) is 0 Å². The molecule has 0 bridgehead atoms. The quantitative estimate of drug-likeness (QED) is 0.651. The fourth-order valence-electron chi connectivity index (χ4n) is 0. The number of carboxylic acid groups (broad SMARTS) is 1. The number of halogens is 2. The first-order valence-corrected chi connectivity index (χ1v) is 9.88. The van der Waals surface area contributed by atoms with Crippen molar-refractivity contribution >= 4 is 25.4 Å². The summed E-state index contributed by atoms with van der Waals surface area (Å²) in [6.45, 7) is 1.20. The molecule has 0 radical (unpaired) electrons. The van der Waals surface area contributed by atoms with Crippen LogP contribution in [0.1, 0.15) is 6.92 Å². The fraction of sp³-hybridized carbons (Fsp3) is 0.667. The third kappa shape index (κ3) is 17.7. The summed E-state index contributed by atoms with van der Waals surface area (Å²) in [5.74, 6) is -1.19. The van der Waals surface area contributed by atoms with Crippen molar-refractivity contribution in [1.82, 2.24) is 0 Å². The van der Waals surface area contributed by atoms with Crippen molar-refractivity contribution in [3.63, 3.8) is 0 Å². The van der Waals surface area contributed by atoms with Crippen LogP contribution in [0.25, 0.3) is 0 Å². The van der Waals surface area contributed by atoms with Crippen LogP contribution in [-0.4, -0.2) is 22.3 Å². The Bertz CT molecular complexity index is 77.5. The third-order valence-corrected chi connectivity index (χ3v) is 0.357. The molecule has 0 aromatic rings. The van der Waals surface area contributed by atoms with Crippen LogP contribution in [0.4, 0.5) is 0 Å². The second-order valence-electron chi connectivity index (χ2n) is 1.12. The predicted octanol–water partition coefficient (Wildman–Crippen LogP) is 0.828. The van der Waals surface area contributed by atoms with E-state index in [-0.39, 0.29) is 0 Å². The molecule has 9 heavy (non-hydrogen) atoms. The van der Waals surface area contributed by atoms with Crippen LogP contribution >= 0.6 is 19.4 Å². The van der Waals surface area contributed by atoms with E-state index in [0.717, 1.165) is 0 Å². The SMILES string of the molecule is CC(O)C(=O)O.[Cl][Zn][Cl]. The van der Waals surface area contributed by atoms with Gasteiger partial charge in [0.2, 0.25) is 0 Å². The van der Waals surface area contributed by atoms with Crippen LogP contribution in [0.15, 0.2) is 0 Å². The molecule has 0 rings (SSSR count). The third-order valence-electron chi connectivity index (χ3n) is 0.357. The standard InChI is InChI=1S/C3H6O3.2ClH.Zn/c1-2(4)3(5)6;;;/h2,4H,1H3,(H,5,6);2*1H;/q;;;+2/p-2. The second kappa shape index (κ2) is 8.63. The van der Waals surface area contributed by atoms with Gasteiger partial charge in [-0.25, -0.2) is 4.79 Å². The van der Waals surface area contributed by atoms with Crippen molar-refractivity contribution in [3.05, 3.63) is 0 Å². The van der Waals surface area contributed by atoms with Gasteiger partial charge in [0.05, 0.1) is 0 Å². The summed E-state index contributed by atoms with van der Waals surface area (Å²) >= 11 is -0.931. The van der Waals surface area contributed by atoms with Gasteiger partial charge in [0.15, 0.2) is 0 Å². The van der Waals surface area contributed by atoms with Gasteiger partial charge in [-0.3, -0.25) is 0 Å². The summed E-state index contributed by atoms with van der Waals surface area (Å²) in [7, 11) is 9.90. The monoisotopic (exact) mass is 224 g/mol. The van der Waals surface area contributed by atoms with Crippen molar-refractivity contribution in [3.8, 4) is 0 Å². The number of aliphatic carboxylic acids is 1. The van der Waals surface area contributed by atoms with Crippen molar-refractivity contribution in [2.45, 2.75) is 13.0 Å². The van der Waals surface area contributed by atoms with E-state index in [2.05, 4.69) is 0 Å². The normalized spacial score (nSPS) is 10.2. The van der Waals surface area contributed by atoms with Crippen molar-refractivity contribution in [2.24, 2.45) is 0 Å². The maximum atomic E-state index is 9.45. The average molecular weight is 226 g/mol. The Labute approximate surface area is 68.6 Å². The number of hydrogen-bond acceptors (Lipinski definition) is 2. The van der Waals surface area contributed by atoms with Crippen LogP contribution in [-0.2, 0) is 19.9 Å². The van der Waals surface area contributed by atoms with Gasteiger partial charge in [0, 0.05) is 0 Å². The molecule has 0 heterocycles. The van der Waals surface area contributed by atoms with Gasteiger partial charge in [-0.2, -0.15) is 0 Å². The number of carboxylic acids is 1. The summed E-state index contributed by atoms with van der Waals surface area (Å²) < 4.78 is 0. The molecule has 1 unspecified atom stereocenters. The Morgan fingerprint density at radius 2 is 1.78 bits per heavy atom. The summed E-state index contributed by atoms with van der Waals surface area (Å²) in [6.07, 6.45) is -1.23. The molecule has 0 fully saturated rings. The van der Waals surface area contributed by atoms with Crippen molar-refractivity contribution < 1.29 is 30.2 Å². The number of carbonyl (C=O) groups is 1. The van der Waals surface area contributed by atoms with Gasteiger partial charge in [-0.05, 0) is 6.92 Å². The molecule has 6 heteroatoms. The summed E-state index contributed by atoms with van der Waals surface area (Å²) in [5, 5.41) is 15.8. The molecular formula is C3H6Cl2O3Zn. The number of rotatable bonds is 1. The molecule has 0 saturated carbocycles. The first kappa shape index (κ1) is 12.3. The first-order valence-electron chi connectivity index (χ1n) is 2.09. The Kier molecular flexibility index (Phi) is 11.8.